The summed E-state index contributed by atoms with van der Waals surface area (Å²) >= 11 is 0. The molecule has 0 bridgehead atoms. The minimum atomic E-state index is -1.38. The molecule has 0 N–H and O–H groups in total. The Morgan fingerprint density at radius 2 is 1.12 bits per heavy atom. The maximum atomic E-state index is 6.26. The highest BCUT2D eigenvalue weighted by atomic mass is 28.4. The summed E-state index contributed by atoms with van der Waals surface area (Å²) in [7, 11) is -2.38. The molecule has 0 fully saturated rings. The smallest absolute Gasteiger partial charge is 0.189 e. The summed E-state index contributed by atoms with van der Waals surface area (Å²) in [6.07, 6.45) is 0. The molecule has 0 aliphatic heterocycles. The molecule has 0 aromatic heterocycles. The van der Waals surface area contributed by atoms with Gasteiger partial charge in [0.25, 0.3) is 0 Å². The summed E-state index contributed by atoms with van der Waals surface area (Å²) in [6.45, 7) is 15.0. The summed E-state index contributed by atoms with van der Waals surface area (Å²) in [5, 5.41) is 0. The predicted octanol–water partition coefficient (Wildman–Crippen LogP) is 5.06. The molecule has 0 atom stereocenters. The Balaban J connectivity index is 4.81. The number of hydrogen-bond donors (Lipinski definition) is 0. The van der Waals surface area contributed by atoms with Crippen LogP contribution in [0.4, 0.5) is 0 Å². The summed E-state index contributed by atoms with van der Waals surface area (Å²) in [5.74, 6) is 0. The molecule has 0 amide bonds. The van der Waals surface area contributed by atoms with Crippen LogP contribution in [0.25, 0.3) is 0 Å². The van der Waals surface area contributed by atoms with Crippen LogP contribution >= 0.6 is 0 Å². The molecule has 98 valence electrons. The van der Waals surface area contributed by atoms with E-state index in [1.54, 1.807) is 0 Å². The first kappa shape index (κ1) is 16.4. The molecule has 0 unspecified atom stereocenters. The Bertz CT molecular complexity index is 167. The van der Waals surface area contributed by atoms with Crippen LogP contribution in [0.1, 0.15) is 41.5 Å². The van der Waals surface area contributed by atoms with E-state index in [9.17, 15) is 0 Å². The van der Waals surface area contributed by atoms with E-state index in [1.165, 1.54) is 35.9 Å². The average Bonchev–Trinajstić information content (AvgIpc) is 2.35. The quantitative estimate of drug-likeness (QED) is 0.527. The zero-order chi connectivity index (χ0) is 12.7. The molecule has 0 spiro atoms. The van der Waals surface area contributed by atoms with E-state index in [0.717, 1.165) is 6.61 Å². The van der Waals surface area contributed by atoms with Crippen molar-refractivity contribution < 1.29 is 4.43 Å². The lowest BCUT2D eigenvalue weighted by atomic mass is 10.9. The van der Waals surface area contributed by atoms with Crippen molar-refractivity contribution in [2.75, 3.05) is 6.61 Å². The molecule has 0 saturated heterocycles. The summed E-state index contributed by atoms with van der Waals surface area (Å²) in [4.78, 5) is 0. The Morgan fingerprint density at radius 3 is 1.38 bits per heavy atom. The average molecular weight is 261 g/mol. The highest BCUT2D eigenvalue weighted by molar-refractivity contribution is 6.94. The van der Waals surface area contributed by atoms with Crippen LogP contribution in [-0.4, -0.2) is 23.0 Å². The van der Waals surface area contributed by atoms with E-state index in [0.29, 0.717) is 0 Å². The Hall–Kier alpha value is 0.394. The van der Waals surface area contributed by atoms with Gasteiger partial charge in [-0.1, -0.05) is 52.8 Å². The fourth-order valence-electron chi connectivity index (χ4n) is 2.87. The molecule has 3 heteroatoms. The van der Waals surface area contributed by atoms with Crippen molar-refractivity contribution in [3.8, 4) is 0 Å². The van der Waals surface area contributed by atoms with Crippen molar-refractivity contribution in [2.45, 2.75) is 77.4 Å². The van der Waals surface area contributed by atoms with E-state index in [1.807, 2.05) is 0 Å². The van der Waals surface area contributed by atoms with Gasteiger partial charge in [-0.15, -0.1) is 0 Å². The van der Waals surface area contributed by atoms with Gasteiger partial charge in [0, 0.05) is 6.61 Å². The number of rotatable bonds is 9. The first-order valence-corrected chi connectivity index (χ1v) is 12.6. The second-order valence-corrected chi connectivity index (χ2v) is 15.7. The molecular weight excluding hydrogens is 228 g/mol. The van der Waals surface area contributed by atoms with Crippen molar-refractivity contribution in [1.82, 2.24) is 0 Å². The lowest BCUT2D eigenvalue weighted by Gasteiger charge is -2.38. The summed E-state index contributed by atoms with van der Waals surface area (Å²) in [5.41, 5.74) is 1.50. The maximum absolute atomic E-state index is 6.26. The van der Waals surface area contributed by atoms with Crippen LogP contribution in [0.15, 0.2) is 0 Å². The zero-order valence-corrected chi connectivity index (χ0v) is 14.4. The van der Waals surface area contributed by atoms with E-state index >= 15 is 0 Å². The lowest BCUT2D eigenvalue weighted by molar-refractivity contribution is 0.323. The molecule has 0 rings (SSSR count). The molecule has 0 radical (unpaired) electrons. The highest BCUT2D eigenvalue weighted by Gasteiger charge is 2.40. The first-order chi connectivity index (χ1) is 7.57. The van der Waals surface area contributed by atoms with Crippen LogP contribution < -0.4 is 0 Å². The van der Waals surface area contributed by atoms with Crippen molar-refractivity contribution >= 4 is 16.4 Å². The standard InChI is InChI=1S/C13H32OSi2/c1-7-14-16(11-5,12-6)13-15(8-2,9-3)10-4/h7-13H2,1-6H3. The van der Waals surface area contributed by atoms with Gasteiger partial charge < -0.3 is 4.43 Å². The monoisotopic (exact) mass is 260 g/mol. The second kappa shape index (κ2) is 7.67. The van der Waals surface area contributed by atoms with Gasteiger partial charge in [0.15, 0.2) is 8.32 Å². The van der Waals surface area contributed by atoms with Crippen LogP contribution in [0.2, 0.25) is 35.9 Å². The SMILES string of the molecule is CCO[Si](CC)(CC)C[Si](CC)(CC)CC. The van der Waals surface area contributed by atoms with Gasteiger partial charge in [0.1, 0.15) is 0 Å². The Morgan fingerprint density at radius 1 is 0.688 bits per heavy atom. The van der Waals surface area contributed by atoms with Gasteiger partial charge in [-0.25, -0.2) is 0 Å². The maximum Gasteiger partial charge on any atom is 0.189 e. The topological polar surface area (TPSA) is 9.23 Å². The summed E-state index contributed by atoms with van der Waals surface area (Å²) in [6, 6.07) is 6.96. The van der Waals surface area contributed by atoms with Gasteiger partial charge >= 0.3 is 0 Å². The molecule has 0 saturated carbocycles. The fourth-order valence-corrected chi connectivity index (χ4v) is 16.8. The van der Waals surface area contributed by atoms with E-state index in [4.69, 9.17) is 4.43 Å². The minimum Gasteiger partial charge on any atom is -0.417 e. The largest absolute Gasteiger partial charge is 0.417 e. The highest BCUT2D eigenvalue weighted by Crippen LogP contribution is 2.34. The fraction of sp³-hybridized carbons (Fsp3) is 1.00. The lowest BCUT2D eigenvalue weighted by Crippen LogP contribution is -2.47. The van der Waals surface area contributed by atoms with Gasteiger partial charge in [-0.05, 0) is 24.7 Å². The van der Waals surface area contributed by atoms with Crippen molar-refractivity contribution in [2.24, 2.45) is 0 Å². The zero-order valence-electron chi connectivity index (χ0n) is 12.4. The molecule has 0 aliphatic rings. The van der Waals surface area contributed by atoms with Gasteiger partial charge in [-0.3, -0.25) is 0 Å². The van der Waals surface area contributed by atoms with Gasteiger partial charge in [-0.2, -0.15) is 0 Å². The van der Waals surface area contributed by atoms with Crippen molar-refractivity contribution in [1.29, 1.82) is 0 Å². The van der Waals surface area contributed by atoms with Crippen LogP contribution in [-0.2, 0) is 4.43 Å². The van der Waals surface area contributed by atoms with Gasteiger partial charge in [0.05, 0.1) is 8.07 Å². The third kappa shape index (κ3) is 4.00. The second-order valence-electron chi connectivity index (χ2n) is 5.06. The van der Waals surface area contributed by atoms with E-state index in [2.05, 4.69) is 41.5 Å². The number of hydrogen-bond acceptors (Lipinski definition) is 1. The molecule has 0 heterocycles. The molecule has 1 nitrogen and oxygen atoms in total. The molecular formula is C13H32OSi2. The van der Waals surface area contributed by atoms with Crippen LogP contribution in [0.5, 0.6) is 0 Å². The third-order valence-electron chi connectivity index (χ3n) is 4.69. The van der Waals surface area contributed by atoms with Gasteiger partial charge in [0.2, 0.25) is 0 Å². The van der Waals surface area contributed by atoms with Crippen LogP contribution in [0.3, 0.4) is 0 Å². The molecule has 0 aromatic carbocycles. The predicted molar refractivity (Wildman–Crippen MR) is 80.3 cm³/mol. The van der Waals surface area contributed by atoms with Crippen molar-refractivity contribution in [3.63, 3.8) is 0 Å². The molecule has 0 aromatic rings. The molecule has 16 heavy (non-hydrogen) atoms. The van der Waals surface area contributed by atoms with Crippen molar-refractivity contribution in [3.05, 3.63) is 0 Å². The van der Waals surface area contributed by atoms with E-state index in [-0.39, 0.29) is 0 Å². The molecule has 0 aliphatic carbocycles. The Labute approximate surface area is 105 Å². The third-order valence-corrected chi connectivity index (χ3v) is 18.2. The minimum absolute atomic E-state index is 0.926. The normalized spacial score (nSPS) is 13.1. The van der Waals surface area contributed by atoms with Crippen LogP contribution in [0, 0.1) is 0 Å². The summed E-state index contributed by atoms with van der Waals surface area (Å²) < 4.78 is 6.26. The Kier molecular flexibility index (Phi) is 7.86. The van der Waals surface area contributed by atoms with E-state index < -0.39 is 16.4 Å². The first-order valence-electron chi connectivity index (χ1n) is 7.21.